The van der Waals surface area contributed by atoms with Crippen molar-refractivity contribution in [3.8, 4) is 0 Å². The van der Waals surface area contributed by atoms with Crippen molar-refractivity contribution < 1.29 is 4.79 Å². The molecule has 1 aliphatic rings. The maximum Gasteiger partial charge on any atom is 0.256 e. The molecule has 110 valence electrons. The highest BCUT2D eigenvalue weighted by molar-refractivity contribution is 7.10. The van der Waals surface area contributed by atoms with E-state index in [0.29, 0.717) is 13.1 Å². The highest BCUT2D eigenvalue weighted by Gasteiger charge is 2.31. The minimum absolute atomic E-state index is 0.0964. The van der Waals surface area contributed by atoms with Crippen LogP contribution in [0.2, 0.25) is 0 Å². The fraction of sp³-hybridized carbons (Fsp3) is 0.375. The van der Waals surface area contributed by atoms with E-state index >= 15 is 0 Å². The molecule has 1 amide bonds. The standard InChI is InChI=1S/C16H19N3OS/c1-11-6-8-21-15(11)14(18(2)3)10-19-9-13-12(16(19)20)5-4-7-17-13/h4-8,14H,9-10H2,1-3H3/t14-/m0/s1. The number of rotatable bonds is 4. The lowest BCUT2D eigenvalue weighted by Gasteiger charge is -2.28. The molecular weight excluding hydrogens is 282 g/mol. The van der Waals surface area contributed by atoms with Gasteiger partial charge >= 0.3 is 0 Å². The summed E-state index contributed by atoms with van der Waals surface area (Å²) in [4.78, 5) is 22.2. The fourth-order valence-corrected chi connectivity index (χ4v) is 3.86. The van der Waals surface area contributed by atoms with Crippen molar-refractivity contribution in [3.05, 3.63) is 51.5 Å². The van der Waals surface area contributed by atoms with Gasteiger partial charge in [-0.25, -0.2) is 0 Å². The van der Waals surface area contributed by atoms with Crippen LogP contribution in [0.15, 0.2) is 29.8 Å². The van der Waals surface area contributed by atoms with E-state index in [4.69, 9.17) is 0 Å². The Kier molecular flexibility index (Phi) is 3.78. The van der Waals surface area contributed by atoms with Gasteiger partial charge in [-0.1, -0.05) is 0 Å². The predicted molar refractivity (Wildman–Crippen MR) is 84.5 cm³/mol. The Hall–Kier alpha value is -1.72. The minimum Gasteiger partial charge on any atom is -0.331 e. The first kappa shape index (κ1) is 14.2. The third-order valence-electron chi connectivity index (χ3n) is 3.97. The smallest absolute Gasteiger partial charge is 0.256 e. The van der Waals surface area contributed by atoms with Crippen LogP contribution in [0.4, 0.5) is 0 Å². The monoisotopic (exact) mass is 301 g/mol. The number of hydrogen-bond donors (Lipinski definition) is 0. The van der Waals surface area contributed by atoms with E-state index in [1.807, 2.05) is 17.0 Å². The molecule has 0 aliphatic carbocycles. The second-order valence-corrected chi connectivity index (χ2v) is 6.58. The topological polar surface area (TPSA) is 36.4 Å². The molecule has 0 N–H and O–H groups in total. The largest absolute Gasteiger partial charge is 0.331 e. The lowest BCUT2D eigenvalue weighted by molar-refractivity contribution is 0.0732. The number of fused-ring (bicyclic) bond motifs is 1. The summed E-state index contributed by atoms with van der Waals surface area (Å²) in [6.45, 7) is 3.44. The van der Waals surface area contributed by atoms with Gasteiger partial charge in [0.05, 0.1) is 23.8 Å². The van der Waals surface area contributed by atoms with Gasteiger partial charge in [-0.05, 0) is 50.2 Å². The second kappa shape index (κ2) is 5.58. The fourth-order valence-electron chi connectivity index (χ4n) is 2.74. The first-order valence-electron chi connectivity index (χ1n) is 7.01. The first-order valence-corrected chi connectivity index (χ1v) is 7.89. The van der Waals surface area contributed by atoms with Crippen LogP contribution in [0, 0.1) is 6.92 Å². The molecular formula is C16H19N3OS. The van der Waals surface area contributed by atoms with Crippen LogP contribution in [0.1, 0.15) is 32.5 Å². The van der Waals surface area contributed by atoms with E-state index < -0.39 is 0 Å². The van der Waals surface area contributed by atoms with E-state index in [1.54, 1.807) is 17.5 Å². The molecule has 3 rings (SSSR count). The Morgan fingerprint density at radius 3 is 2.86 bits per heavy atom. The maximum atomic E-state index is 12.5. The maximum absolute atomic E-state index is 12.5. The van der Waals surface area contributed by atoms with Gasteiger partial charge in [0, 0.05) is 17.6 Å². The summed E-state index contributed by atoms with van der Waals surface area (Å²) in [6, 6.07) is 6.06. The third kappa shape index (κ3) is 2.59. The molecule has 1 aliphatic heterocycles. The quantitative estimate of drug-likeness (QED) is 0.871. The van der Waals surface area contributed by atoms with Crippen molar-refractivity contribution in [2.24, 2.45) is 0 Å². The lowest BCUT2D eigenvalue weighted by Crippen LogP contribution is -2.35. The van der Waals surface area contributed by atoms with Crippen LogP contribution < -0.4 is 0 Å². The molecule has 0 aromatic carbocycles. The molecule has 0 saturated heterocycles. The number of pyridine rings is 1. The lowest BCUT2D eigenvalue weighted by atomic mass is 10.1. The molecule has 0 saturated carbocycles. The molecule has 3 heterocycles. The molecule has 0 fully saturated rings. The molecule has 1 atom stereocenters. The number of thiophene rings is 1. The van der Waals surface area contributed by atoms with Crippen molar-refractivity contribution >= 4 is 17.2 Å². The average molecular weight is 301 g/mol. The van der Waals surface area contributed by atoms with Crippen molar-refractivity contribution in [1.82, 2.24) is 14.8 Å². The van der Waals surface area contributed by atoms with Crippen molar-refractivity contribution in [2.45, 2.75) is 19.5 Å². The van der Waals surface area contributed by atoms with E-state index in [1.165, 1.54) is 10.4 Å². The van der Waals surface area contributed by atoms with Gasteiger partial charge in [0.1, 0.15) is 0 Å². The summed E-state index contributed by atoms with van der Waals surface area (Å²) < 4.78 is 0. The van der Waals surface area contributed by atoms with Crippen molar-refractivity contribution in [2.75, 3.05) is 20.6 Å². The normalized spacial score (nSPS) is 15.6. The highest BCUT2D eigenvalue weighted by Crippen LogP contribution is 2.30. The number of nitrogens with zero attached hydrogens (tertiary/aromatic N) is 3. The summed E-state index contributed by atoms with van der Waals surface area (Å²) in [6.07, 6.45) is 1.75. The summed E-state index contributed by atoms with van der Waals surface area (Å²) in [5, 5.41) is 2.11. The van der Waals surface area contributed by atoms with Gasteiger partial charge in [0.2, 0.25) is 0 Å². The SMILES string of the molecule is Cc1ccsc1[C@H](CN1Cc2ncccc2C1=O)N(C)C. The minimum atomic E-state index is 0.0964. The van der Waals surface area contributed by atoms with Gasteiger partial charge in [0.15, 0.2) is 0 Å². The zero-order valence-corrected chi connectivity index (χ0v) is 13.4. The Morgan fingerprint density at radius 1 is 1.43 bits per heavy atom. The molecule has 0 unspecified atom stereocenters. The highest BCUT2D eigenvalue weighted by atomic mass is 32.1. The van der Waals surface area contributed by atoms with E-state index in [0.717, 1.165) is 11.3 Å². The number of hydrogen-bond acceptors (Lipinski definition) is 4. The molecule has 0 spiro atoms. The number of carbonyl (C=O) groups is 1. The van der Waals surface area contributed by atoms with Crippen LogP contribution >= 0.6 is 11.3 Å². The zero-order valence-electron chi connectivity index (χ0n) is 12.5. The second-order valence-electron chi connectivity index (χ2n) is 5.63. The van der Waals surface area contributed by atoms with Gasteiger partial charge < -0.3 is 9.80 Å². The average Bonchev–Trinajstić information content (AvgIpc) is 3.01. The number of likely N-dealkylation sites (N-methyl/N-ethyl adjacent to an activating group) is 1. The zero-order chi connectivity index (χ0) is 15.0. The molecule has 0 radical (unpaired) electrons. The van der Waals surface area contributed by atoms with Crippen LogP contribution in [0.25, 0.3) is 0 Å². The summed E-state index contributed by atoms with van der Waals surface area (Å²) in [5.41, 5.74) is 2.93. The predicted octanol–water partition coefficient (Wildman–Crippen LogP) is 2.71. The Labute approximate surface area is 129 Å². The number of aromatic nitrogens is 1. The summed E-state index contributed by atoms with van der Waals surface area (Å²) >= 11 is 1.76. The van der Waals surface area contributed by atoms with E-state index in [-0.39, 0.29) is 11.9 Å². The van der Waals surface area contributed by atoms with E-state index in [9.17, 15) is 4.79 Å². The van der Waals surface area contributed by atoms with Gasteiger partial charge in [-0.15, -0.1) is 11.3 Å². The van der Waals surface area contributed by atoms with Gasteiger partial charge in [-0.3, -0.25) is 9.78 Å². The van der Waals surface area contributed by atoms with Gasteiger partial charge in [0.25, 0.3) is 5.91 Å². The molecule has 4 nitrogen and oxygen atoms in total. The molecule has 21 heavy (non-hydrogen) atoms. The number of carbonyl (C=O) groups excluding carboxylic acids is 1. The molecule has 5 heteroatoms. The number of amides is 1. The third-order valence-corrected chi connectivity index (χ3v) is 5.09. The Morgan fingerprint density at radius 2 is 2.24 bits per heavy atom. The van der Waals surface area contributed by atoms with Crippen molar-refractivity contribution in [3.63, 3.8) is 0 Å². The Balaban J connectivity index is 1.83. The van der Waals surface area contributed by atoms with E-state index in [2.05, 4.69) is 42.3 Å². The molecule has 2 aromatic heterocycles. The first-order chi connectivity index (χ1) is 10.1. The Bertz CT molecular complexity index is 665. The van der Waals surface area contributed by atoms with Crippen LogP contribution in [-0.4, -0.2) is 41.3 Å². The number of aryl methyl sites for hydroxylation is 1. The van der Waals surface area contributed by atoms with Crippen molar-refractivity contribution in [1.29, 1.82) is 0 Å². The van der Waals surface area contributed by atoms with Gasteiger partial charge in [-0.2, -0.15) is 0 Å². The van der Waals surface area contributed by atoms with Crippen LogP contribution in [0.5, 0.6) is 0 Å². The van der Waals surface area contributed by atoms with Crippen LogP contribution in [0.3, 0.4) is 0 Å². The summed E-state index contributed by atoms with van der Waals surface area (Å²) in [7, 11) is 4.13. The summed E-state index contributed by atoms with van der Waals surface area (Å²) in [5.74, 6) is 0.0964. The molecule has 0 bridgehead atoms. The molecule has 2 aromatic rings. The van der Waals surface area contributed by atoms with Crippen LogP contribution in [-0.2, 0) is 6.54 Å².